The highest BCUT2D eigenvalue weighted by atomic mass is 16.3. The number of aromatic hydroxyl groups is 2. The summed E-state index contributed by atoms with van der Waals surface area (Å²) >= 11 is 0. The van der Waals surface area contributed by atoms with Crippen molar-refractivity contribution in [2.75, 3.05) is 0 Å². The Kier molecular flexibility index (Phi) is 4.12. The monoisotopic (exact) mass is 318 g/mol. The molecule has 24 heavy (non-hydrogen) atoms. The number of carbonyl (C=O) groups excluding carboxylic acids is 2. The first-order valence-corrected chi connectivity index (χ1v) is 7.32. The van der Waals surface area contributed by atoms with Gasteiger partial charge in [0.1, 0.15) is 11.5 Å². The lowest BCUT2D eigenvalue weighted by Crippen LogP contribution is -1.97. The van der Waals surface area contributed by atoms with E-state index in [1.54, 1.807) is 0 Å². The largest absolute Gasteiger partial charge is 0.507 e. The van der Waals surface area contributed by atoms with E-state index >= 15 is 0 Å². The first-order valence-electron chi connectivity index (χ1n) is 7.32. The highest BCUT2D eigenvalue weighted by molar-refractivity contribution is 6.14. The van der Waals surface area contributed by atoms with Crippen molar-refractivity contribution in [3.63, 3.8) is 0 Å². The second kappa shape index (κ2) is 6.38. The molecular weight excluding hydrogens is 304 g/mol. The fraction of sp³-hybridized carbons (Fsp3) is 0. The van der Waals surface area contributed by atoms with Crippen molar-refractivity contribution in [3.05, 3.63) is 72.8 Å². The van der Waals surface area contributed by atoms with Gasteiger partial charge in [0.2, 0.25) is 0 Å². The number of fused-ring (bicyclic) bond motifs is 2. The Balaban J connectivity index is 0.000000179. The maximum absolute atomic E-state index is 10.3. The molecule has 118 valence electrons. The third-order valence-corrected chi connectivity index (χ3v) is 3.66. The number of hydrogen-bond donors (Lipinski definition) is 2. The summed E-state index contributed by atoms with van der Waals surface area (Å²) in [6.07, 6.45) is 5.01. The number of phenolic OH excluding ortho intramolecular Hbond substituents is 2. The van der Waals surface area contributed by atoms with Gasteiger partial charge in [0.15, 0.2) is 11.6 Å². The van der Waals surface area contributed by atoms with Crippen molar-refractivity contribution in [2.24, 2.45) is 0 Å². The van der Waals surface area contributed by atoms with Crippen LogP contribution in [-0.4, -0.2) is 21.8 Å². The van der Waals surface area contributed by atoms with Crippen molar-refractivity contribution in [3.8, 4) is 11.5 Å². The summed E-state index contributed by atoms with van der Waals surface area (Å²) in [5, 5.41) is 23.0. The van der Waals surface area contributed by atoms with E-state index in [0.717, 1.165) is 10.8 Å². The van der Waals surface area contributed by atoms with E-state index in [1.807, 2.05) is 36.4 Å². The van der Waals surface area contributed by atoms with Gasteiger partial charge in [0.25, 0.3) is 0 Å². The Morgan fingerprint density at radius 3 is 1.33 bits per heavy atom. The molecule has 0 unspecified atom stereocenters. The number of benzene rings is 3. The van der Waals surface area contributed by atoms with Crippen LogP contribution in [0.15, 0.2) is 72.8 Å². The normalized spacial score (nSPS) is 13.2. The highest BCUT2D eigenvalue weighted by Gasteiger charge is 2.05. The molecule has 0 radical (unpaired) electrons. The SMILES string of the molecule is O=C1C=CC(=O)C=C1.Oc1ccc(O)c2cc3ccccc3cc12. The summed E-state index contributed by atoms with van der Waals surface area (Å²) in [6, 6.07) is 14.7. The van der Waals surface area contributed by atoms with Gasteiger partial charge in [-0.2, -0.15) is 0 Å². The van der Waals surface area contributed by atoms with Crippen molar-refractivity contribution in [1.29, 1.82) is 0 Å². The third kappa shape index (κ3) is 3.17. The molecule has 4 nitrogen and oxygen atoms in total. The predicted molar refractivity (Wildman–Crippen MR) is 93.1 cm³/mol. The zero-order valence-corrected chi connectivity index (χ0v) is 12.6. The summed E-state index contributed by atoms with van der Waals surface area (Å²) in [7, 11) is 0. The molecule has 0 bridgehead atoms. The van der Waals surface area contributed by atoms with Gasteiger partial charge in [-0.05, 0) is 59.3 Å². The fourth-order valence-electron chi connectivity index (χ4n) is 2.44. The van der Waals surface area contributed by atoms with Crippen molar-refractivity contribution < 1.29 is 19.8 Å². The Morgan fingerprint density at radius 2 is 0.958 bits per heavy atom. The first-order chi connectivity index (χ1) is 11.5. The van der Waals surface area contributed by atoms with Crippen molar-refractivity contribution in [2.45, 2.75) is 0 Å². The minimum absolute atomic E-state index is 0.121. The van der Waals surface area contributed by atoms with Crippen LogP contribution in [0.2, 0.25) is 0 Å². The molecule has 2 N–H and O–H groups in total. The molecule has 0 amide bonds. The van der Waals surface area contributed by atoms with E-state index in [4.69, 9.17) is 0 Å². The van der Waals surface area contributed by atoms with Crippen LogP contribution in [0.5, 0.6) is 11.5 Å². The van der Waals surface area contributed by atoms with Crippen LogP contribution in [0.25, 0.3) is 21.5 Å². The molecule has 3 aromatic rings. The maximum atomic E-state index is 10.3. The molecule has 4 rings (SSSR count). The second-order valence-corrected chi connectivity index (χ2v) is 5.32. The Bertz CT molecular complexity index is 915. The quantitative estimate of drug-likeness (QED) is 0.377. The smallest absolute Gasteiger partial charge is 0.178 e. The molecule has 0 aromatic heterocycles. The lowest BCUT2D eigenvalue weighted by atomic mass is 10.0. The lowest BCUT2D eigenvalue weighted by Gasteiger charge is -2.05. The molecule has 0 saturated heterocycles. The molecule has 0 atom stereocenters. The van der Waals surface area contributed by atoms with Crippen LogP contribution in [0, 0.1) is 0 Å². The maximum Gasteiger partial charge on any atom is 0.178 e. The van der Waals surface area contributed by atoms with E-state index in [2.05, 4.69) is 0 Å². The zero-order valence-electron chi connectivity index (χ0n) is 12.6. The summed E-state index contributed by atoms with van der Waals surface area (Å²) in [4.78, 5) is 20.6. The predicted octanol–water partition coefficient (Wildman–Crippen LogP) is 3.65. The number of rotatable bonds is 0. The van der Waals surface area contributed by atoms with Gasteiger partial charge in [0.05, 0.1) is 0 Å². The average molecular weight is 318 g/mol. The van der Waals surface area contributed by atoms with Crippen molar-refractivity contribution >= 4 is 33.1 Å². The molecule has 1 aliphatic rings. The van der Waals surface area contributed by atoms with Crippen molar-refractivity contribution in [1.82, 2.24) is 0 Å². The van der Waals surface area contributed by atoms with Crippen LogP contribution < -0.4 is 0 Å². The van der Waals surface area contributed by atoms with Crippen LogP contribution in [0.1, 0.15) is 0 Å². The molecule has 0 fully saturated rings. The van der Waals surface area contributed by atoms with Gasteiger partial charge in [0, 0.05) is 10.8 Å². The molecule has 3 aromatic carbocycles. The minimum atomic E-state index is -0.121. The first kappa shape index (κ1) is 15.5. The lowest BCUT2D eigenvalue weighted by molar-refractivity contribution is -0.113. The Morgan fingerprint density at radius 1 is 0.583 bits per heavy atom. The molecule has 0 spiro atoms. The molecule has 0 saturated carbocycles. The van der Waals surface area contributed by atoms with Gasteiger partial charge < -0.3 is 10.2 Å². The summed E-state index contributed by atoms with van der Waals surface area (Å²) < 4.78 is 0. The number of carbonyl (C=O) groups is 2. The second-order valence-electron chi connectivity index (χ2n) is 5.32. The summed E-state index contributed by atoms with van der Waals surface area (Å²) in [5.74, 6) is 0.145. The number of phenols is 2. The van der Waals surface area contributed by atoms with Gasteiger partial charge in [-0.1, -0.05) is 24.3 Å². The van der Waals surface area contributed by atoms with Crippen LogP contribution in [0.3, 0.4) is 0 Å². The Hall–Kier alpha value is -3.40. The highest BCUT2D eigenvalue weighted by Crippen LogP contribution is 2.34. The third-order valence-electron chi connectivity index (χ3n) is 3.66. The average Bonchev–Trinajstić information content (AvgIpc) is 2.60. The van der Waals surface area contributed by atoms with E-state index in [1.165, 1.54) is 36.4 Å². The van der Waals surface area contributed by atoms with Crippen LogP contribution in [0.4, 0.5) is 0 Å². The molecule has 4 heteroatoms. The van der Waals surface area contributed by atoms with Gasteiger partial charge in [-0.25, -0.2) is 0 Å². The molecule has 1 aliphatic carbocycles. The molecule has 0 aliphatic heterocycles. The van der Waals surface area contributed by atoms with Gasteiger partial charge in [-0.3, -0.25) is 9.59 Å². The van der Waals surface area contributed by atoms with E-state index in [9.17, 15) is 19.8 Å². The van der Waals surface area contributed by atoms with Crippen LogP contribution >= 0.6 is 0 Å². The summed E-state index contributed by atoms with van der Waals surface area (Å²) in [6.45, 7) is 0. The summed E-state index contributed by atoms with van der Waals surface area (Å²) in [5.41, 5.74) is 0. The van der Waals surface area contributed by atoms with E-state index in [-0.39, 0.29) is 23.1 Å². The zero-order chi connectivity index (χ0) is 17.1. The topological polar surface area (TPSA) is 74.6 Å². The minimum Gasteiger partial charge on any atom is -0.507 e. The van der Waals surface area contributed by atoms with Gasteiger partial charge in [-0.15, -0.1) is 0 Å². The van der Waals surface area contributed by atoms with E-state index in [0.29, 0.717) is 10.8 Å². The van der Waals surface area contributed by atoms with Gasteiger partial charge >= 0.3 is 0 Å². The van der Waals surface area contributed by atoms with Crippen LogP contribution in [-0.2, 0) is 9.59 Å². The number of ketones is 2. The number of hydrogen-bond acceptors (Lipinski definition) is 4. The number of allylic oxidation sites excluding steroid dienone is 4. The standard InChI is InChI=1S/C14H10O2.C6H4O2/c15-13-5-6-14(16)12-8-10-4-2-1-3-9(10)7-11(12)13;7-5-1-2-6(8)4-3-5/h1-8,15-16H;1-4H. The molecule has 0 heterocycles. The Labute approximate surface area is 138 Å². The van der Waals surface area contributed by atoms with E-state index < -0.39 is 0 Å². The fourth-order valence-corrected chi connectivity index (χ4v) is 2.44. The molecular formula is C20H14O4.